The normalized spacial score (nSPS) is 18.4. The number of likely N-dealkylation sites (N-methyl/N-ethyl adjacent to an activating group) is 1. The van der Waals surface area contributed by atoms with Crippen LogP contribution >= 0.6 is 11.3 Å². The molecule has 1 N–H and O–H groups in total. The fourth-order valence-corrected chi connectivity index (χ4v) is 6.74. The van der Waals surface area contributed by atoms with Gasteiger partial charge in [0.05, 0.1) is 24.0 Å². The van der Waals surface area contributed by atoms with E-state index < -0.39 is 36.3 Å². The molecule has 4 aromatic rings. The summed E-state index contributed by atoms with van der Waals surface area (Å²) in [4.78, 5) is 50.5. The third-order valence-corrected chi connectivity index (χ3v) is 9.66. The highest BCUT2D eigenvalue weighted by Gasteiger charge is 2.27. The molecule has 2 fully saturated rings. The molecule has 0 bridgehead atoms. The zero-order valence-electron chi connectivity index (χ0n) is 28.3. The van der Waals surface area contributed by atoms with Crippen LogP contribution in [-0.4, -0.2) is 123 Å². The van der Waals surface area contributed by atoms with E-state index in [-0.39, 0.29) is 41.5 Å². The summed E-state index contributed by atoms with van der Waals surface area (Å²) in [6.45, 7) is 6.52. The number of thiazole rings is 1. The maximum absolute atomic E-state index is 14.9. The van der Waals surface area contributed by atoms with Gasteiger partial charge < -0.3 is 24.4 Å². The number of nitrogens with zero attached hydrogens (tertiary/aromatic N) is 8. The molecule has 5 heterocycles. The number of esters is 1. The van der Waals surface area contributed by atoms with Gasteiger partial charge in [-0.1, -0.05) is 0 Å². The van der Waals surface area contributed by atoms with E-state index in [1.165, 1.54) is 17.8 Å². The van der Waals surface area contributed by atoms with Crippen LogP contribution in [0, 0.1) is 11.8 Å². The Morgan fingerprint density at radius 2 is 1.78 bits per heavy atom. The van der Waals surface area contributed by atoms with Crippen molar-refractivity contribution in [3.05, 3.63) is 53.6 Å². The van der Waals surface area contributed by atoms with Crippen LogP contribution in [-0.2, 0) is 19.0 Å². The molecule has 0 spiro atoms. The van der Waals surface area contributed by atoms with Gasteiger partial charge in [-0.25, -0.2) is 23.9 Å². The van der Waals surface area contributed by atoms with E-state index in [2.05, 4.69) is 42.3 Å². The first-order valence-corrected chi connectivity index (χ1v) is 17.6. The van der Waals surface area contributed by atoms with Gasteiger partial charge in [-0.05, 0) is 51.8 Å². The van der Waals surface area contributed by atoms with Gasteiger partial charge in [0.25, 0.3) is 5.91 Å². The maximum Gasteiger partial charge on any atom is 0.435 e. The first-order chi connectivity index (χ1) is 24.7. The number of hydrogen-bond acceptors (Lipinski definition) is 13. The van der Waals surface area contributed by atoms with Crippen molar-refractivity contribution in [1.82, 2.24) is 39.3 Å². The predicted octanol–water partition coefficient (Wildman–Crippen LogP) is 4.09. The minimum absolute atomic E-state index is 0.0126. The molecule has 2 aliphatic rings. The van der Waals surface area contributed by atoms with Gasteiger partial charge in [-0.3, -0.25) is 14.4 Å². The zero-order chi connectivity index (χ0) is 35.9. The summed E-state index contributed by atoms with van der Waals surface area (Å²) in [6, 6.07) is 1.84. The quantitative estimate of drug-likeness (QED) is 0.165. The number of nitrogens with one attached hydrogen (secondary N) is 1. The molecule has 0 radical (unpaired) electrons. The van der Waals surface area contributed by atoms with Crippen LogP contribution in [0.3, 0.4) is 0 Å². The number of rotatable bonds is 12. The van der Waals surface area contributed by atoms with Crippen LogP contribution in [0.15, 0.2) is 36.1 Å². The molecule has 1 aliphatic carbocycles. The second-order valence-electron chi connectivity index (χ2n) is 12.3. The third-order valence-electron chi connectivity index (χ3n) is 8.77. The van der Waals surface area contributed by atoms with Crippen LogP contribution in [0.1, 0.15) is 49.1 Å². The van der Waals surface area contributed by atoms with Crippen molar-refractivity contribution in [1.29, 1.82) is 0 Å². The average Bonchev–Trinajstić information content (AvgIpc) is 3.90. The third kappa shape index (κ3) is 9.18. The molecule has 1 saturated carbocycles. The van der Waals surface area contributed by atoms with Crippen LogP contribution in [0.25, 0.3) is 22.0 Å². The number of aromatic nitrogens is 6. The number of carbonyl (C=O) groups is 3. The van der Waals surface area contributed by atoms with E-state index >= 15 is 0 Å². The Hall–Kier alpha value is -4.65. The van der Waals surface area contributed by atoms with Gasteiger partial charge in [0, 0.05) is 62.7 Å². The number of hydrogen-bond donors (Lipinski definition) is 1. The van der Waals surface area contributed by atoms with E-state index in [4.69, 9.17) is 14.2 Å². The topological polar surface area (TPSA) is 159 Å². The van der Waals surface area contributed by atoms with Gasteiger partial charge in [-0.2, -0.15) is 19.3 Å². The Kier molecular flexibility index (Phi) is 11.8. The number of halogens is 2. The van der Waals surface area contributed by atoms with Gasteiger partial charge in [-0.15, -0.1) is 11.3 Å². The van der Waals surface area contributed by atoms with Crippen molar-refractivity contribution in [2.45, 2.75) is 44.8 Å². The minimum Gasteiger partial charge on any atom is -0.462 e. The lowest BCUT2D eigenvalue weighted by atomic mass is 9.93. The van der Waals surface area contributed by atoms with Crippen molar-refractivity contribution in [3.63, 3.8) is 0 Å². The molecule has 15 nitrogen and oxygen atoms in total. The summed E-state index contributed by atoms with van der Waals surface area (Å²) in [5.41, 5.74) is 0.263. The average molecular weight is 728 g/mol. The van der Waals surface area contributed by atoms with E-state index in [0.29, 0.717) is 23.7 Å². The molecule has 1 aliphatic heterocycles. The Labute approximate surface area is 296 Å². The Morgan fingerprint density at radius 1 is 1.00 bits per heavy atom. The van der Waals surface area contributed by atoms with Gasteiger partial charge in [0.1, 0.15) is 28.7 Å². The molecule has 1 amide bonds. The molecule has 51 heavy (non-hydrogen) atoms. The molecule has 0 aromatic carbocycles. The van der Waals surface area contributed by atoms with Crippen LogP contribution in [0.4, 0.5) is 19.3 Å². The molecule has 0 unspecified atom stereocenters. The molecular weight excluding hydrogens is 688 g/mol. The van der Waals surface area contributed by atoms with Gasteiger partial charge >= 0.3 is 12.1 Å². The van der Waals surface area contributed by atoms with Crippen LogP contribution < -0.4 is 5.32 Å². The number of carbonyl (C=O) groups excluding carboxylic acids is 3. The summed E-state index contributed by atoms with van der Waals surface area (Å²) < 4.78 is 47.5. The molecule has 0 atom stereocenters. The summed E-state index contributed by atoms with van der Waals surface area (Å²) >= 11 is 1.13. The van der Waals surface area contributed by atoms with Crippen LogP contribution in [0.2, 0.25) is 0 Å². The highest BCUT2D eigenvalue weighted by atomic mass is 32.1. The van der Waals surface area contributed by atoms with Crippen LogP contribution in [0.5, 0.6) is 0 Å². The van der Waals surface area contributed by atoms with Crippen molar-refractivity contribution < 1.29 is 37.4 Å². The zero-order valence-corrected chi connectivity index (χ0v) is 29.1. The standard InChI is InChI=1S/C33H39F2N9O6S/c1-3-48-23-6-4-22(5-7-23)43-18-25(30(40-43)29-24(34)8-9-27(35)39-29)37-31(46)26-20-51-32(38-26)21-16-36-44(17-21)33(47)50-19-28(45)49-15-14-42-12-10-41(2)11-13-42/h8-9,16-18,20,22-23H,3-7,10-15,19H2,1-2H3,(H,37,46). The van der Waals surface area contributed by atoms with E-state index in [1.54, 1.807) is 10.9 Å². The summed E-state index contributed by atoms with van der Waals surface area (Å²) in [5, 5.41) is 13.2. The first kappa shape index (κ1) is 36.2. The number of ether oxygens (including phenoxy) is 3. The summed E-state index contributed by atoms with van der Waals surface area (Å²) in [7, 11) is 2.06. The number of amides is 1. The van der Waals surface area contributed by atoms with Gasteiger partial charge in [0.15, 0.2) is 12.4 Å². The van der Waals surface area contributed by atoms with Crippen molar-refractivity contribution in [3.8, 4) is 22.0 Å². The lowest BCUT2D eigenvalue weighted by Crippen LogP contribution is -2.45. The van der Waals surface area contributed by atoms with E-state index in [0.717, 1.165) is 80.0 Å². The smallest absolute Gasteiger partial charge is 0.435 e. The van der Waals surface area contributed by atoms with E-state index in [9.17, 15) is 23.2 Å². The summed E-state index contributed by atoms with van der Waals surface area (Å²) in [5.74, 6) is -2.96. The predicted molar refractivity (Wildman–Crippen MR) is 181 cm³/mol. The maximum atomic E-state index is 14.9. The molecular formula is C33H39F2N9O6S. The Bertz CT molecular complexity index is 1830. The number of pyridine rings is 1. The Balaban J connectivity index is 1.07. The lowest BCUT2D eigenvalue weighted by molar-refractivity contribution is -0.147. The fraction of sp³-hybridized carbons (Fsp3) is 0.485. The summed E-state index contributed by atoms with van der Waals surface area (Å²) in [6.07, 6.45) is 6.76. The Morgan fingerprint density at radius 3 is 2.55 bits per heavy atom. The second kappa shape index (κ2) is 16.6. The lowest BCUT2D eigenvalue weighted by Gasteiger charge is -2.31. The molecule has 1 saturated heterocycles. The minimum atomic E-state index is -0.888. The number of piperazine rings is 1. The van der Waals surface area contributed by atoms with Crippen molar-refractivity contribution in [2.75, 3.05) is 64.9 Å². The van der Waals surface area contributed by atoms with E-state index in [1.807, 2.05) is 6.92 Å². The SMILES string of the molecule is CCOC1CCC(n2cc(NC(=O)c3csc(-c4cnn(C(=O)OCC(=O)OCCN5CCN(C)CC5)c4)n3)c(-c3nc(F)ccc3F)n2)CC1. The largest absolute Gasteiger partial charge is 0.462 e. The first-order valence-electron chi connectivity index (χ1n) is 16.8. The van der Waals surface area contributed by atoms with Crippen molar-refractivity contribution in [2.24, 2.45) is 0 Å². The highest BCUT2D eigenvalue weighted by molar-refractivity contribution is 7.13. The molecule has 18 heteroatoms. The van der Waals surface area contributed by atoms with Gasteiger partial charge in [0.2, 0.25) is 5.95 Å². The number of anilines is 1. The molecule has 272 valence electrons. The second-order valence-corrected chi connectivity index (χ2v) is 13.2. The molecule has 4 aromatic heterocycles. The van der Waals surface area contributed by atoms with Crippen molar-refractivity contribution >= 4 is 35.0 Å². The highest BCUT2D eigenvalue weighted by Crippen LogP contribution is 2.34. The molecule has 6 rings (SSSR count). The fourth-order valence-electron chi connectivity index (χ4n) is 5.96. The monoisotopic (exact) mass is 727 g/mol.